The maximum Gasteiger partial charge on any atom is 0.321 e. The third-order valence-electron chi connectivity index (χ3n) is 2.98. The first kappa shape index (κ1) is 11.0. The van der Waals surface area contributed by atoms with Crippen molar-refractivity contribution in [2.75, 3.05) is 20.3 Å². The van der Waals surface area contributed by atoms with Gasteiger partial charge in [-0.1, -0.05) is 6.07 Å². The van der Waals surface area contributed by atoms with Crippen molar-refractivity contribution >= 4 is 5.97 Å². The molecular weight excluding hydrogens is 208 g/mol. The van der Waals surface area contributed by atoms with Crippen molar-refractivity contribution in [1.29, 1.82) is 0 Å². The molecule has 1 aliphatic rings. The molecule has 1 saturated heterocycles. The second kappa shape index (κ2) is 4.19. The van der Waals surface area contributed by atoms with Gasteiger partial charge in [0.25, 0.3) is 0 Å². The molecule has 5 heteroatoms. The number of likely N-dealkylation sites (N-methyl/N-ethyl adjacent to an activating group) is 1. The number of nitrogens with zero attached hydrogens (tertiary/aromatic N) is 1. The lowest BCUT2D eigenvalue weighted by Crippen LogP contribution is -2.63. The molecule has 1 aliphatic heterocycles. The van der Waals surface area contributed by atoms with E-state index in [0.717, 1.165) is 5.69 Å². The van der Waals surface area contributed by atoms with Crippen molar-refractivity contribution in [3.8, 4) is 0 Å². The lowest BCUT2D eigenvalue weighted by molar-refractivity contribution is -0.151. The molecule has 5 nitrogen and oxygen atoms in total. The predicted octanol–water partition coefficient (Wildman–Crippen LogP) is 0.0222. The fraction of sp³-hybridized carbons (Fsp3) is 0.455. The number of carbonyl (C=O) groups is 1. The molecule has 0 spiro atoms. The fourth-order valence-corrected chi connectivity index (χ4v) is 2.08. The Labute approximate surface area is 93.5 Å². The van der Waals surface area contributed by atoms with Crippen LogP contribution in [0.1, 0.15) is 5.69 Å². The van der Waals surface area contributed by atoms with Crippen LogP contribution in [0.25, 0.3) is 0 Å². The maximum atomic E-state index is 11.2. The van der Waals surface area contributed by atoms with E-state index < -0.39 is 17.4 Å². The predicted molar refractivity (Wildman–Crippen MR) is 57.2 cm³/mol. The summed E-state index contributed by atoms with van der Waals surface area (Å²) in [5.74, 6) is -0.878. The summed E-state index contributed by atoms with van der Waals surface area (Å²) in [5.41, 5.74) is 0.227. The molecule has 1 fully saturated rings. The number of aliphatic carboxylic acids is 1. The summed E-state index contributed by atoms with van der Waals surface area (Å²) < 4.78 is 5.18. The summed E-state index contributed by atoms with van der Waals surface area (Å²) >= 11 is 0. The molecule has 2 N–H and O–H groups in total. The van der Waals surface area contributed by atoms with Crippen LogP contribution in [0.3, 0.4) is 0 Å². The number of hydrogen-bond donors (Lipinski definition) is 2. The van der Waals surface area contributed by atoms with Crippen molar-refractivity contribution in [1.82, 2.24) is 10.3 Å². The number of pyridine rings is 1. The zero-order valence-corrected chi connectivity index (χ0v) is 9.01. The van der Waals surface area contributed by atoms with Crippen LogP contribution in [0, 0.1) is 0 Å². The minimum absolute atomic E-state index is 0.391. The lowest BCUT2D eigenvalue weighted by atomic mass is 9.75. The summed E-state index contributed by atoms with van der Waals surface area (Å²) in [6, 6.07) is 4.84. The van der Waals surface area contributed by atoms with Gasteiger partial charge in [-0.15, -0.1) is 0 Å². The number of nitrogens with one attached hydrogen (secondary N) is 1. The zero-order chi connectivity index (χ0) is 11.6. The molecule has 0 aromatic carbocycles. The van der Waals surface area contributed by atoms with Crippen molar-refractivity contribution in [3.63, 3.8) is 0 Å². The normalized spacial score (nSPS) is 19.8. The second-order valence-electron chi connectivity index (χ2n) is 3.92. The molecule has 1 atom stereocenters. The Morgan fingerprint density at radius 2 is 2.38 bits per heavy atom. The molecule has 2 heterocycles. The van der Waals surface area contributed by atoms with Crippen LogP contribution in [-0.4, -0.2) is 42.4 Å². The van der Waals surface area contributed by atoms with E-state index in [1.54, 1.807) is 13.2 Å². The van der Waals surface area contributed by atoms with E-state index in [0.29, 0.717) is 13.2 Å². The highest BCUT2D eigenvalue weighted by Gasteiger charge is 2.51. The second-order valence-corrected chi connectivity index (χ2v) is 3.92. The van der Waals surface area contributed by atoms with Crippen molar-refractivity contribution in [2.24, 2.45) is 0 Å². The first-order chi connectivity index (χ1) is 7.70. The summed E-state index contributed by atoms with van der Waals surface area (Å²) in [6.07, 6.45) is 1.67. The van der Waals surface area contributed by atoms with E-state index in [1.807, 2.05) is 18.2 Å². The molecule has 0 aliphatic carbocycles. The highest BCUT2D eigenvalue weighted by molar-refractivity contribution is 5.76. The number of carboxylic acid groups (broad SMARTS) is 1. The number of ether oxygens (including phenoxy) is 1. The third-order valence-corrected chi connectivity index (χ3v) is 2.98. The van der Waals surface area contributed by atoms with Crippen LogP contribution >= 0.6 is 0 Å². The first-order valence-electron chi connectivity index (χ1n) is 5.10. The Bertz CT molecular complexity index is 376. The molecule has 0 saturated carbocycles. The third kappa shape index (κ3) is 1.58. The quantitative estimate of drug-likeness (QED) is 0.751. The Kier molecular flexibility index (Phi) is 2.89. The van der Waals surface area contributed by atoms with Gasteiger partial charge in [0.15, 0.2) is 0 Å². The SMILES string of the molecule is CNC(C(=O)O)C1(c2ccccn2)COC1. The fourth-order valence-electron chi connectivity index (χ4n) is 2.08. The average molecular weight is 222 g/mol. The largest absolute Gasteiger partial charge is 0.480 e. The summed E-state index contributed by atoms with van der Waals surface area (Å²) in [7, 11) is 1.64. The molecule has 1 unspecified atom stereocenters. The van der Waals surface area contributed by atoms with Crippen LogP contribution in [0.5, 0.6) is 0 Å². The van der Waals surface area contributed by atoms with Crippen LogP contribution in [0.2, 0.25) is 0 Å². The molecule has 0 bridgehead atoms. The van der Waals surface area contributed by atoms with E-state index in [1.165, 1.54) is 0 Å². The van der Waals surface area contributed by atoms with Crippen LogP contribution < -0.4 is 5.32 Å². The van der Waals surface area contributed by atoms with E-state index >= 15 is 0 Å². The summed E-state index contributed by atoms with van der Waals surface area (Å²) in [6.45, 7) is 0.781. The van der Waals surface area contributed by atoms with E-state index in [2.05, 4.69) is 10.3 Å². The number of rotatable bonds is 4. The van der Waals surface area contributed by atoms with E-state index in [9.17, 15) is 9.90 Å². The van der Waals surface area contributed by atoms with Gasteiger partial charge < -0.3 is 15.2 Å². The van der Waals surface area contributed by atoms with E-state index in [4.69, 9.17) is 4.74 Å². The maximum absolute atomic E-state index is 11.2. The molecule has 1 aromatic rings. The Morgan fingerprint density at radius 3 is 2.75 bits per heavy atom. The minimum Gasteiger partial charge on any atom is -0.480 e. The highest BCUT2D eigenvalue weighted by Crippen LogP contribution is 2.34. The average Bonchev–Trinajstić information content (AvgIpc) is 2.23. The van der Waals surface area contributed by atoms with E-state index in [-0.39, 0.29) is 0 Å². The highest BCUT2D eigenvalue weighted by atomic mass is 16.5. The Morgan fingerprint density at radius 1 is 1.62 bits per heavy atom. The lowest BCUT2D eigenvalue weighted by Gasteiger charge is -2.44. The van der Waals surface area contributed by atoms with Gasteiger partial charge >= 0.3 is 5.97 Å². The molecule has 0 amide bonds. The van der Waals surface area contributed by atoms with Gasteiger partial charge in [-0.2, -0.15) is 0 Å². The van der Waals surface area contributed by atoms with Gasteiger partial charge in [0, 0.05) is 6.20 Å². The molecule has 0 radical (unpaired) electrons. The minimum atomic E-state index is -0.878. The number of aromatic nitrogens is 1. The number of carboxylic acids is 1. The molecular formula is C11H14N2O3. The number of hydrogen-bond acceptors (Lipinski definition) is 4. The van der Waals surface area contributed by atoms with Gasteiger partial charge in [0.1, 0.15) is 6.04 Å². The van der Waals surface area contributed by atoms with Gasteiger partial charge in [0.2, 0.25) is 0 Å². The Balaban J connectivity index is 2.36. The Hall–Kier alpha value is -1.46. The molecule has 86 valence electrons. The molecule has 16 heavy (non-hydrogen) atoms. The van der Waals surface area contributed by atoms with Crippen LogP contribution in [0.15, 0.2) is 24.4 Å². The summed E-state index contributed by atoms with van der Waals surface area (Å²) in [5, 5.41) is 12.0. The molecule has 1 aromatic heterocycles. The van der Waals surface area contributed by atoms with Gasteiger partial charge in [0.05, 0.1) is 24.3 Å². The topological polar surface area (TPSA) is 71.5 Å². The molecule has 2 rings (SSSR count). The standard InChI is InChI=1S/C11H14N2O3/c1-12-9(10(14)15)11(6-16-7-11)8-4-2-3-5-13-8/h2-5,9,12H,6-7H2,1H3,(H,14,15). The smallest absolute Gasteiger partial charge is 0.321 e. The van der Waals surface area contributed by atoms with Gasteiger partial charge in [-0.25, -0.2) is 0 Å². The van der Waals surface area contributed by atoms with Crippen LogP contribution in [-0.2, 0) is 14.9 Å². The van der Waals surface area contributed by atoms with Crippen molar-refractivity contribution in [3.05, 3.63) is 30.1 Å². The zero-order valence-electron chi connectivity index (χ0n) is 9.01. The van der Waals surface area contributed by atoms with Crippen molar-refractivity contribution < 1.29 is 14.6 Å². The van der Waals surface area contributed by atoms with Gasteiger partial charge in [-0.3, -0.25) is 9.78 Å². The summed E-state index contributed by atoms with van der Waals surface area (Å²) in [4.78, 5) is 15.4. The van der Waals surface area contributed by atoms with Gasteiger partial charge in [-0.05, 0) is 19.2 Å². The van der Waals surface area contributed by atoms with Crippen molar-refractivity contribution in [2.45, 2.75) is 11.5 Å². The monoisotopic (exact) mass is 222 g/mol. The first-order valence-corrected chi connectivity index (χ1v) is 5.10. The van der Waals surface area contributed by atoms with Crippen LogP contribution in [0.4, 0.5) is 0 Å².